The van der Waals surface area contributed by atoms with E-state index >= 15 is 0 Å². The highest BCUT2D eigenvalue weighted by atomic mass is 16.5. The van der Waals surface area contributed by atoms with Crippen molar-refractivity contribution in [3.8, 4) is 0 Å². The van der Waals surface area contributed by atoms with E-state index in [9.17, 15) is 14.4 Å². The average molecular weight is 383 g/mol. The van der Waals surface area contributed by atoms with Crippen LogP contribution in [0.15, 0.2) is 53.9 Å². The zero-order valence-corrected chi connectivity index (χ0v) is 17.0. The van der Waals surface area contributed by atoms with Crippen LogP contribution in [0.2, 0.25) is 0 Å². The van der Waals surface area contributed by atoms with Crippen LogP contribution in [0.1, 0.15) is 43.6 Å². The molecule has 1 aromatic rings. The van der Waals surface area contributed by atoms with Crippen LogP contribution < -0.4 is 4.90 Å². The van der Waals surface area contributed by atoms with Gasteiger partial charge in [0.05, 0.1) is 19.8 Å². The summed E-state index contributed by atoms with van der Waals surface area (Å²) in [5.41, 5.74) is 1.87. The highest BCUT2D eigenvalue weighted by molar-refractivity contribution is 6.05. The van der Waals surface area contributed by atoms with E-state index in [-0.39, 0.29) is 22.5 Å². The quantitative estimate of drug-likeness (QED) is 0.583. The van der Waals surface area contributed by atoms with E-state index in [1.54, 1.807) is 35.4 Å². The van der Waals surface area contributed by atoms with Gasteiger partial charge in [-0.2, -0.15) is 0 Å². The molecule has 0 fully saturated rings. The number of hydrogen-bond acceptors (Lipinski definition) is 6. The second-order valence-corrected chi connectivity index (χ2v) is 7.35. The molecule has 0 atom stereocenters. The number of esters is 2. The molecule has 0 saturated carbocycles. The summed E-state index contributed by atoms with van der Waals surface area (Å²) in [6, 6.07) is 5.28. The molecule has 0 spiro atoms. The summed E-state index contributed by atoms with van der Waals surface area (Å²) in [5.74, 6) is -1.38. The molecule has 0 saturated heterocycles. The van der Waals surface area contributed by atoms with Crippen molar-refractivity contribution in [3.63, 3.8) is 0 Å². The van der Waals surface area contributed by atoms with Crippen LogP contribution in [0.4, 0.5) is 5.69 Å². The van der Waals surface area contributed by atoms with Crippen LogP contribution in [0.25, 0.3) is 0 Å². The number of nitrogens with zero attached hydrogens (tertiary/aromatic N) is 1. The lowest BCUT2D eigenvalue weighted by molar-refractivity contribution is -0.139. The molecule has 0 amide bonds. The number of ketones is 1. The third-order valence-corrected chi connectivity index (χ3v) is 4.36. The van der Waals surface area contributed by atoms with E-state index in [1.165, 1.54) is 27.2 Å². The lowest BCUT2D eigenvalue weighted by atomic mass is 9.84. The number of carbonyl (C=O) groups is 3. The minimum atomic E-state index is -0.674. The Labute approximate surface area is 165 Å². The zero-order chi connectivity index (χ0) is 21.1. The molecule has 28 heavy (non-hydrogen) atoms. The van der Waals surface area contributed by atoms with E-state index in [0.717, 1.165) is 5.56 Å². The molecule has 0 radical (unpaired) electrons. The molecule has 6 nitrogen and oxygen atoms in total. The maximum Gasteiger partial charge on any atom is 0.355 e. The highest BCUT2D eigenvalue weighted by Crippen LogP contribution is 2.36. The number of benzene rings is 1. The van der Waals surface area contributed by atoms with Crippen molar-refractivity contribution in [1.82, 2.24) is 0 Å². The lowest BCUT2D eigenvalue weighted by Crippen LogP contribution is -2.29. The minimum absolute atomic E-state index is 0.0421. The van der Waals surface area contributed by atoms with Gasteiger partial charge in [-0.15, -0.1) is 0 Å². The largest absolute Gasteiger partial charge is 0.465 e. The SMILES string of the molecule is COC(=O)C1=C(C(=O)OC)N(c2ccc(C(C)=O)cc2C(C)(C)C)C=CC=C1. The predicted molar refractivity (Wildman–Crippen MR) is 107 cm³/mol. The molecule has 6 heteroatoms. The second-order valence-electron chi connectivity index (χ2n) is 7.35. The summed E-state index contributed by atoms with van der Waals surface area (Å²) >= 11 is 0. The first-order valence-corrected chi connectivity index (χ1v) is 8.82. The lowest BCUT2D eigenvalue weighted by Gasteiger charge is -2.30. The summed E-state index contributed by atoms with van der Waals surface area (Å²) in [6.45, 7) is 7.54. The van der Waals surface area contributed by atoms with Gasteiger partial charge in [-0.05, 0) is 48.3 Å². The van der Waals surface area contributed by atoms with Crippen LogP contribution in [-0.2, 0) is 24.5 Å². The van der Waals surface area contributed by atoms with Gasteiger partial charge >= 0.3 is 11.9 Å². The number of Topliss-reactive ketones (excluding diaryl/α,β-unsaturated/α-hetero) is 1. The Bertz CT molecular complexity index is 900. The van der Waals surface area contributed by atoms with Gasteiger partial charge in [0, 0.05) is 17.5 Å². The van der Waals surface area contributed by atoms with Gasteiger partial charge in [0.25, 0.3) is 0 Å². The Hall–Kier alpha value is -3.15. The molecule has 0 aromatic heterocycles. The van der Waals surface area contributed by atoms with Crippen molar-refractivity contribution >= 4 is 23.4 Å². The van der Waals surface area contributed by atoms with Crippen LogP contribution in [0, 0.1) is 0 Å². The van der Waals surface area contributed by atoms with Gasteiger partial charge in [0.1, 0.15) is 5.70 Å². The molecule has 0 unspecified atom stereocenters. The first kappa shape index (κ1) is 21.2. The molecule has 1 aromatic carbocycles. The zero-order valence-electron chi connectivity index (χ0n) is 17.0. The third kappa shape index (κ3) is 4.22. The second kappa shape index (κ2) is 8.25. The third-order valence-electron chi connectivity index (χ3n) is 4.36. The molecule has 1 aliphatic heterocycles. The molecule has 2 rings (SSSR count). The molecule has 1 heterocycles. The molecular weight excluding hydrogens is 358 g/mol. The number of carbonyl (C=O) groups excluding carboxylic acids is 3. The summed E-state index contributed by atoms with van der Waals surface area (Å²) in [7, 11) is 2.51. The van der Waals surface area contributed by atoms with Crippen LogP contribution in [0.3, 0.4) is 0 Å². The summed E-state index contributed by atoms with van der Waals surface area (Å²) in [6.07, 6.45) is 6.55. The van der Waals surface area contributed by atoms with Gasteiger partial charge < -0.3 is 14.4 Å². The Morgan fingerprint density at radius 2 is 1.61 bits per heavy atom. The topological polar surface area (TPSA) is 72.9 Å². The summed E-state index contributed by atoms with van der Waals surface area (Å²) < 4.78 is 9.79. The van der Waals surface area contributed by atoms with E-state index in [0.29, 0.717) is 11.3 Å². The maximum absolute atomic E-state index is 12.6. The number of allylic oxidation sites excluding steroid dienone is 2. The molecule has 1 aliphatic rings. The van der Waals surface area contributed by atoms with E-state index in [4.69, 9.17) is 9.47 Å². The van der Waals surface area contributed by atoms with Gasteiger partial charge in [-0.1, -0.05) is 26.8 Å². The molecule has 0 bridgehead atoms. The molecule has 0 N–H and O–H groups in total. The summed E-state index contributed by atoms with van der Waals surface area (Å²) in [4.78, 5) is 38.4. The fraction of sp³-hybridized carbons (Fsp3) is 0.318. The molecule has 0 aliphatic carbocycles. The smallest absolute Gasteiger partial charge is 0.355 e. The number of ether oxygens (including phenoxy) is 2. The van der Waals surface area contributed by atoms with Crippen molar-refractivity contribution < 1.29 is 23.9 Å². The number of anilines is 1. The van der Waals surface area contributed by atoms with E-state index < -0.39 is 11.9 Å². The van der Waals surface area contributed by atoms with Gasteiger partial charge in [0.2, 0.25) is 0 Å². The maximum atomic E-state index is 12.6. The average Bonchev–Trinajstić information content (AvgIpc) is 2.88. The van der Waals surface area contributed by atoms with Gasteiger partial charge in [-0.25, -0.2) is 9.59 Å². The number of methoxy groups -OCH3 is 2. The van der Waals surface area contributed by atoms with Crippen molar-refractivity contribution in [1.29, 1.82) is 0 Å². The van der Waals surface area contributed by atoms with Crippen molar-refractivity contribution in [2.45, 2.75) is 33.1 Å². The monoisotopic (exact) mass is 383 g/mol. The Balaban J connectivity index is 2.82. The van der Waals surface area contributed by atoms with E-state index in [1.807, 2.05) is 26.8 Å². The fourth-order valence-electron chi connectivity index (χ4n) is 2.92. The first-order chi connectivity index (χ1) is 13.1. The van der Waals surface area contributed by atoms with E-state index in [2.05, 4.69) is 0 Å². The highest BCUT2D eigenvalue weighted by Gasteiger charge is 2.30. The van der Waals surface area contributed by atoms with Crippen molar-refractivity contribution in [2.75, 3.05) is 19.1 Å². The molecular formula is C22H25NO5. The van der Waals surface area contributed by atoms with Crippen LogP contribution in [-0.4, -0.2) is 31.9 Å². The Morgan fingerprint density at radius 3 is 2.14 bits per heavy atom. The first-order valence-electron chi connectivity index (χ1n) is 8.82. The van der Waals surface area contributed by atoms with Crippen molar-refractivity contribution in [2.24, 2.45) is 0 Å². The standard InChI is InChI=1S/C22H25NO5/c1-14(24)15-10-11-18(17(13-15)22(2,3)4)23-12-8-7-9-16(20(25)27-5)19(23)21(26)28-6/h7-13H,1-6H3. The number of hydrogen-bond donors (Lipinski definition) is 0. The van der Waals surface area contributed by atoms with Crippen LogP contribution >= 0.6 is 0 Å². The van der Waals surface area contributed by atoms with Crippen LogP contribution in [0.5, 0.6) is 0 Å². The normalized spacial score (nSPS) is 14.0. The summed E-state index contributed by atoms with van der Waals surface area (Å²) in [5, 5.41) is 0. The number of rotatable bonds is 4. The molecule has 148 valence electrons. The van der Waals surface area contributed by atoms with Gasteiger partial charge in [-0.3, -0.25) is 4.79 Å². The van der Waals surface area contributed by atoms with Crippen molar-refractivity contribution in [3.05, 3.63) is 65.0 Å². The minimum Gasteiger partial charge on any atom is -0.465 e. The fourth-order valence-corrected chi connectivity index (χ4v) is 2.92. The van der Waals surface area contributed by atoms with Gasteiger partial charge in [0.15, 0.2) is 5.78 Å². The Morgan fingerprint density at radius 1 is 0.964 bits per heavy atom. The predicted octanol–water partition coefficient (Wildman–Crippen LogP) is 3.68. The Kier molecular flexibility index (Phi) is 6.23.